The van der Waals surface area contributed by atoms with Crippen LogP contribution in [0.2, 0.25) is 0 Å². The summed E-state index contributed by atoms with van der Waals surface area (Å²) in [5, 5.41) is 0. The highest BCUT2D eigenvalue weighted by Crippen LogP contribution is 2.43. The summed E-state index contributed by atoms with van der Waals surface area (Å²) in [5.41, 5.74) is 1.35. The van der Waals surface area contributed by atoms with Crippen LogP contribution < -0.4 is 0 Å². The Labute approximate surface area is 196 Å². The number of benzene rings is 2. The molecule has 1 aliphatic carbocycles. The van der Waals surface area contributed by atoms with E-state index in [1.54, 1.807) is 6.07 Å². The molecule has 4 heteroatoms. The molecule has 2 aromatic rings. The summed E-state index contributed by atoms with van der Waals surface area (Å²) >= 11 is 0. The topological polar surface area (TPSA) is 0 Å². The maximum Gasteiger partial charge on any atom is 0.167 e. The number of aryl methyl sites for hydroxylation is 2. The van der Waals surface area contributed by atoms with Crippen LogP contribution >= 0.6 is 0 Å². The van der Waals surface area contributed by atoms with Gasteiger partial charge < -0.3 is 0 Å². The molecule has 0 nitrogen and oxygen atoms in total. The van der Waals surface area contributed by atoms with Gasteiger partial charge in [0.25, 0.3) is 0 Å². The van der Waals surface area contributed by atoms with Crippen LogP contribution in [0.15, 0.2) is 12.1 Å². The lowest BCUT2D eigenvalue weighted by atomic mass is 9.84. The molecule has 0 radical (unpaired) electrons. The molecule has 0 spiro atoms. The van der Waals surface area contributed by atoms with E-state index in [1.807, 2.05) is 0 Å². The van der Waals surface area contributed by atoms with E-state index in [9.17, 15) is 17.6 Å². The van der Waals surface area contributed by atoms with Gasteiger partial charge in [-0.3, -0.25) is 0 Å². The standard InChI is InChI=1S/C29H38F4/c1-16(2)7-10-18(4)19(5)11-8-17(3)9-12-21-14-23-15-22-13-20(6)26(30)28(32)24(22)25(23)29(33)27(21)31/h13-14,16-19H,7-12,15H2,1-6H3. The second kappa shape index (κ2) is 10.6. The number of halogens is 4. The molecular weight excluding hydrogens is 424 g/mol. The molecule has 3 atom stereocenters. The first-order valence-electron chi connectivity index (χ1n) is 12.5. The molecule has 0 N–H and O–H groups in total. The van der Waals surface area contributed by atoms with Crippen LogP contribution in [-0.2, 0) is 12.8 Å². The molecule has 0 aromatic heterocycles. The van der Waals surface area contributed by atoms with E-state index in [4.69, 9.17) is 0 Å². The number of hydrogen-bond donors (Lipinski definition) is 0. The third-order valence-electron chi connectivity index (χ3n) is 7.66. The van der Waals surface area contributed by atoms with Crippen molar-refractivity contribution in [2.45, 2.75) is 86.5 Å². The Kier molecular flexibility index (Phi) is 8.29. The van der Waals surface area contributed by atoms with Crippen molar-refractivity contribution in [1.82, 2.24) is 0 Å². The van der Waals surface area contributed by atoms with Crippen molar-refractivity contribution in [3.05, 3.63) is 57.7 Å². The zero-order valence-corrected chi connectivity index (χ0v) is 20.9. The summed E-state index contributed by atoms with van der Waals surface area (Å²) in [6, 6.07) is 3.19. The molecule has 3 unspecified atom stereocenters. The van der Waals surface area contributed by atoms with Gasteiger partial charge in [0.2, 0.25) is 0 Å². The molecule has 3 rings (SSSR count). The summed E-state index contributed by atoms with van der Waals surface area (Å²) in [6.45, 7) is 12.8. The third kappa shape index (κ3) is 5.63. The Morgan fingerprint density at radius 1 is 0.667 bits per heavy atom. The van der Waals surface area contributed by atoms with Gasteiger partial charge in [-0.25, -0.2) is 17.6 Å². The fourth-order valence-corrected chi connectivity index (χ4v) is 5.02. The van der Waals surface area contributed by atoms with Crippen molar-refractivity contribution in [2.24, 2.45) is 23.7 Å². The van der Waals surface area contributed by atoms with Crippen molar-refractivity contribution in [3.8, 4) is 11.1 Å². The summed E-state index contributed by atoms with van der Waals surface area (Å²) < 4.78 is 58.5. The molecule has 0 amide bonds. The molecule has 2 aromatic carbocycles. The minimum Gasteiger partial charge on any atom is -0.203 e. The highest BCUT2D eigenvalue weighted by atomic mass is 19.2. The largest absolute Gasteiger partial charge is 0.203 e. The fourth-order valence-electron chi connectivity index (χ4n) is 5.02. The van der Waals surface area contributed by atoms with Crippen LogP contribution in [0.1, 0.15) is 89.0 Å². The Hall–Kier alpha value is -1.84. The van der Waals surface area contributed by atoms with Crippen LogP contribution in [0.3, 0.4) is 0 Å². The summed E-state index contributed by atoms with van der Waals surface area (Å²) in [4.78, 5) is 0. The minimum atomic E-state index is -1.08. The average Bonchev–Trinajstić information content (AvgIpc) is 3.13. The van der Waals surface area contributed by atoms with Crippen LogP contribution in [-0.4, -0.2) is 0 Å². The second-order valence-corrected chi connectivity index (χ2v) is 10.9. The van der Waals surface area contributed by atoms with E-state index < -0.39 is 23.3 Å². The lowest BCUT2D eigenvalue weighted by Gasteiger charge is -2.22. The van der Waals surface area contributed by atoms with E-state index in [0.717, 1.165) is 25.2 Å². The summed E-state index contributed by atoms with van der Waals surface area (Å²) in [5.74, 6) is -1.57. The number of rotatable bonds is 10. The van der Waals surface area contributed by atoms with Gasteiger partial charge in [-0.05, 0) is 72.1 Å². The highest BCUT2D eigenvalue weighted by Gasteiger charge is 2.31. The van der Waals surface area contributed by atoms with Crippen LogP contribution in [0, 0.1) is 53.9 Å². The number of fused-ring (bicyclic) bond motifs is 3. The summed E-state index contributed by atoms with van der Waals surface area (Å²) in [6.07, 6.45) is 6.23. The fraction of sp³-hybridized carbons (Fsp3) is 0.586. The Balaban J connectivity index is 1.64. The van der Waals surface area contributed by atoms with E-state index in [0.29, 0.717) is 47.3 Å². The highest BCUT2D eigenvalue weighted by molar-refractivity contribution is 5.78. The number of hydrogen-bond acceptors (Lipinski definition) is 0. The molecule has 33 heavy (non-hydrogen) atoms. The molecule has 0 saturated carbocycles. The SMILES string of the molecule is Cc1cc2c(c(F)c1F)-c1c(cc(CCC(C)CCC(C)C(C)CCC(C)C)c(F)c1F)C2. The van der Waals surface area contributed by atoms with Crippen molar-refractivity contribution < 1.29 is 17.6 Å². The van der Waals surface area contributed by atoms with Gasteiger partial charge in [0, 0.05) is 11.1 Å². The predicted octanol–water partition coefficient (Wildman–Crippen LogP) is 9.18. The van der Waals surface area contributed by atoms with E-state index in [2.05, 4.69) is 34.6 Å². The molecule has 0 saturated heterocycles. The summed E-state index contributed by atoms with van der Waals surface area (Å²) in [7, 11) is 0. The maximum absolute atomic E-state index is 15.0. The van der Waals surface area contributed by atoms with Crippen LogP contribution in [0.4, 0.5) is 17.6 Å². The van der Waals surface area contributed by atoms with Crippen molar-refractivity contribution in [2.75, 3.05) is 0 Å². The normalized spacial score (nSPS) is 15.5. The first-order chi connectivity index (χ1) is 15.5. The van der Waals surface area contributed by atoms with Gasteiger partial charge in [0.05, 0.1) is 0 Å². The average molecular weight is 463 g/mol. The van der Waals surface area contributed by atoms with Gasteiger partial charge in [-0.1, -0.05) is 72.4 Å². The predicted molar refractivity (Wildman–Crippen MR) is 128 cm³/mol. The Morgan fingerprint density at radius 2 is 1.21 bits per heavy atom. The molecule has 0 heterocycles. The first-order valence-corrected chi connectivity index (χ1v) is 12.5. The van der Waals surface area contributed by atoms with Gasteiger partial charge in [-0.2, -0.15) is 0 Å². The van der Waals surface area contributed by atoms with Gasteiger partial charge in [0.15, 0.2) is 23.3 Å². The van der Waals surface area contributed by atoms with E-state index in [-0.39, 0.29) is 16.7 Å². The molecular formula is C29H38F4. The van der Waals surface area contributed by atoms with Gasteiger partial charge in [0.1, 0.15) is 0 Å². The van der Waals surface area contributed by atoms with Gasteiger partial charge >= 0.3 is 0 Å². The van der Waals surface area contributed by atoms with Gasteiger partial charge in [-0.15, -0.1) is 0 Å². The molecule has 182 valence electrons. The zero-order chi connectivity index (χ0) is 24.4. The van der Waals surface area contributed by atoms with Crippen molar-refractivity contribution in [3.63, 3.8) is 0 Å². The first kappa shape index (κ1) is 25.8. The molecule has 1 aliphatic rings. The maximum atomic E-state index is 15.0. The lowest BCUT2D eigenvalue weighted by Crippen LogP contribution is -2.11. The second-order valence-electron chi connectivity index (χ2n) is 10.9. The Morgan fingerprint density at radius 3 is 1.82 bits per heavy atom. The Bertz CT molecular complexity index is 992. The van der Waals surface area contributed by atoms with E-state index in [1.165, 1.54) is 25.8 Å². The quantitative estimate of drug-likeness (QED) is 0.263. The minimum absolute atomic E-state index is 0.111. The van der Waals surface area contributed by atoms with Crippen molar-refractivity contribution >= 4 is 0 Å². The van der Waals surface area contributed by atoms with Crippen LogP contribution in [0.5, 0.6) is 0 Å². The molecule has 0 fully saturated rings. The molecule has 0 bridgehead atoms. The van der Waals surface area contributed by atoms with Crippen LogP contribution in [0.25, 0.3) is 11.1 Å². The molecule has 0 aliphatic heterocycles. The van der Waals surface area contributed by atoms with E-state index >= 15 is 0 Å². The zero-order valence-electron chi connectivity index (χ0n) is 20.9. The van der Waals surface area contributed by atoms with Crippen molar-refractivity contribution in [1.29, 1.82) is 0 Å². The third-order valence-corrected chi connectivity index (χ3v) is 7.66. The monoisotopic (exact) mass is 462 g/mol. The lowest BCUT2D eigenvalue weighted by molar-refractivity contribution is 0.296. The smallest absolute Gasteiger partial charge is 0.167 e.